The topological polar surface area (TPSA) is 88.2 Å². The fourth-order valence-electron chi connectivity index (χ4n) is 2.62. The minimum Gasteiger partial charge on any atom is -0.343 e. The average Bonchev–Trinajstić information content (AvgIpc) is 3.12. The molecule has 0 saturated heterocycles. The zero-order chi connectivity index (χ0) is 21.8. The van der Waals surface area contributed by atoms with Crippen molar-refractivity contribution in [3.05, 3.63) is 59.1 Å². The summed E-state index contributed by atoms with van der Waals surface area (Å²) in [6.45, 7) is -1.26. The van der Waals surface area contributed by atoms with Crippen LogP contribution < -0.4 is 10.0 Å². The third-order valence-corrected chi connectivity index (χ3v) is 6.65. The summed E-state index contributed by atoms with van der Waals surface area (Å²) in [6, 6.07) is 12.4. The number of aromatic nitrogens is 1. The second-order valence-electron chi connectivity index (χ2n) is 6.40. The minimum absolute atomic E-state index is 0.0611. The van der Waals surface area contributed by atoms with E-state index in [-0.39, 0.29) is 17.0 Å². The number of nitrogens with zero attached hydrogens (tertiary/aromatic N) is 1. The zero-order valence-electron chi connectivity index (χ0n) is 15.6. The number of fused-ring (bicyclic) bond motifs is 1. The number of rotatable bonds is 8. The molecule has 0 bridgehead atoms. The Bertz CT molecular complexity index is 1090. The molecule has 0 aliphatic rings. The molecule has 1 aromatic heterocycles. The molecule has 3 aromatic rings. The van der Waals surface area contributed by atoms with Gasteiger partial charge >= 0.3 is 6.18 Å². The van der Waals surface area contributed by atoms with Gasteiger partial charge in [0, 0.05) is 18.5 Å². The van der Waals surface area contributed by atoms with Crippen molar-refractivity contribution >= 4 is 37.5 Å². The van der Waals surface area contributed by atoms with Gasteiger partial charge in [0.2, 0.25) is 10.0 Å². The SMILES string of the molecule is O=C(NCC(F)(F)F)c1ccc(S(=O)(=O)NCCCc2nc3ccccc3s2)cc1. The molecule has 1 amide bonds. The van der Waals surface area contributed by atoms with E-state index >= 15 is 0 Å². The lowest BCUT2D eigenvalue weighted by atomic mass is 10.2. The standard InChI is InChI=1S/C19H18F3N3O3S2/c20-19(21,22)12-23-18(26)13-7-9-14(10-8-13)30(27,28)24-11-3-6-17-25-15-4-1-2-5-16(15)29-17/h1-2,4-5,7-10,24H,3,6,11-12H2,(H,23,26). The highest BCUT2D eigenvalue weighted by atomic mass is 32.2. The number of hydrogen-bond acceptors (Lipinski definition) is 5. The van der Waals surface area contributed by atoms with Crippen molar-refractivity contribution in [1.82, 2.24) is 15.0 Å². The molecule has 0 aliphatic heterocycles. The van der Waals surface area contributed by atoms with Crippen LogP contribution in [0.25, 0.3) is 10.2 Å². The molecule has 0 unspecified atom stereocenters. The van der Waals surface area contributed by atoms with Gasteiger partial charge in [0.25, 0.3) is 5.91 Å². The smallest absolute Gasteiger partial charge is 0.343 e. The van der Waals surface area contributed by atoms with Crippen molar-refractivity contribution in [1.29, 1.82) is 0 Å². The van der Waals surface area contributed by atoms with Gasteiger partial charge in [-0.15, -0.1) is 11.3 Å². The Kier molecular flexibility index (Phi) is 6.74. The second kappa shape index (κ2) is 9.11. The first-order valence-electron chi connectivity index (χ1n) is 8.93. The Hall–Kier alpha value is -2.50. The van der Waals surface area contributed by atoms with E-state index in [1.165, 1.54) is 24.3 Å². The summed E-state index contributed by atoms with van der Waals surface area (Å²) in [7, 11) is -3.80. The van der Waals surface area contributed by atoms with Gasteiger partial charge < -0.3 is 5.32 Å². The van der Waals surface area contributed by atoms with E-state index in [9.17, 15) is 26.4 Å². The molecule has 0 spiro atoms. The Morgan fingerprint density at radius 3 is 2.43 bits per heavy atom. The number of benzene rings is 2. The highest BCUT2D eigenvalue weighted by Gasteiger charge is 2.28. The predicted octanol–water partition coefficient (Wildman–Crippen LogP) is 3.50. The van der Waals surface area contributed by atoms with Crippen molar-refractivity contribution < 1.29 is 26.4 Å². The van der Waals surface area contributed by atoms with Gasteiger partial charge in [-0.25, -0.2) is 18.1 Å². The summed E-state index contributed by atoms with van der Waals surface area (Å²) in [4.78, 5) is 16.1. The lowest BCUT2D eigenvalue weighted by Gasteiger charge is -2.09. The molecule has 160 valence electrons. The number of aryl methyl sites for hydroxylation is 1. The fourth-order valence-corrected chi connectivity index (χ4v) is 4.71. The lowest BCUT2D eigenvalue weighted by molar-refractivity contribution is -0.123. The van der Waals surface area contributed by atoms with E-state index in [2.05, 4.69) is 9.71 Å². The maximum Gasteiger partial charge on any atom is 0.405 e. The van der Waals surface area contributed by atoms with Crippen LogP contribution in [0.4, 0.5) is 13.2 Å². The second-order valence-corrected chi connectivity index (χ2v) is 9.28. The number of sulfonamides is 1. The normalized spacial score (nSPS) is 12.2. The van der Waals surface area contributed by atoms with Gasteiger partial charge in [-0.1, -0.05) is 12.1 Å². The van der Waals surface area contributed by atoms with Gasteiger partial charge in [-0.05, 0) is 42.8 Å². The van der Waals surface area contributed by atoms with Crippen LogP contribution in [-0.4, -0.2) is 38.6 Å². The molecule has 30 heavy (non-hydrogen) atoms. The molecule has 0 radical (unpaired) electrons. The minimum atomic E-state index is -4.52. The summed E-state index contributed by atoms with van der Waals surface area (Å²) in [5.41, 5.74) is 0.853. The van der Waals surface area contributed by atoms with Crippen molar-refractivity contribution in [3.63, 3.8) is 0 Å². The summed E-state index contributed by atoms with van der Waals surface area (Å²) >= 11 is 1.56. The van der Waals surface area contributed by atoms with Crippen LogP contribution in [0.1, 0.15) is 21.8 Å². The van der Waals surface area contributed by atoms with Gasteiger partial charge in [0.15, 0.2) is 0 Å². The van der Waals surface area contributed by atoms with Crippen LogP contribution in [0.15, 0.2) is 53.4 Å². The van der Waals surface area contributed by atoms with Crippen molar-refractivity contribution in [3.8, 4) is 0 Å². The fraction of sp³-hybridized carbons (Fsp3) is 0.263. The Balaban J connectivity index is 1.51. The summed E-state index contributed by atoms with van der Waals surface area (Å²) in [6.07, 6.45) is -3.34. The first kappa shape index (κ1) is 22.2. The van der Waals surface area contributed by atoms with E-state index in [0.29, 0.717) is 12.8 Å². The maximum absolute atomic E-state index is 12.3. The number of amides is 1. The monoisotopic (exact) mass is 457 g/mol. The number of para-hydroxylation sites is 1. The number of hydrogen-bond donors (Lipinski definition) is 2. The molecule has 3 rings (SSSR count). The molecular weight excluding hydrogens is 439 g/mol. The van der Waals surface area contributed by atoms with Gasteiger partial charge in [0.05, 0.1) is 20.1 Å². The molecule has 0 atom stereocenters. The van der Waals surface area contributed by atoms with E-state index in [1.807, 2.05) is 24.3 Å². The highest BCUT2D eigenvalue weighted by molar-refractivity contribution is 7.89. The van der Waals surface area contributed by atoms with Crippen LogP contribution in [0.2, 0.25) is 0 Å². The lowest BCUT2D eigenvalue weighted by Crippen LogP contribution is -2.33. The van der Waals surface area contributed by atoms with Crippen molar-refractivity contribution in [2.75, 3.05) is 13.1 Å². The number of halogens is 3. The molecule has 2 aromatic carbocycles. The van der Waals surface area contributed by atoms with Gasteiger partial charge in [-0.3, -0.25) is 4.79 Å². The van der Waals surface area contributed by atoms with E-state index in [0.717, 1.165) is 15.2 Å². The molecule has 1 heterocycles. The first-order chi connectivity index (χ1) is 14.1. The third-order valence-electron chi connectivity index (χ3n) is 4.07. The largest absolute Gasteiger partial charge is 0.405 e. The predicted molar refractivity (Wildman–Crippen MR) is 108 cm³/mol. The van der Waals surface area contributed by atoms with Crippen LogP contribution >= 0.6 is 11.3 Å². The first-order valence-corrected chi connectivity index (χ1v) is 11.2. The highest BCUT2D eigenvalue weighted by Crippen LogP contribution is 2.22. The van der Waals surface area contributed by atoms with E-state index < -0.39 is 28.7 Å². The number of thiazole rings is 1. The van der Waals surface area contributed by atoms with Crippen LogP contribution in [0.3, 0.4) is 0 Å². The summed E-state index contributed by atoms with van der Waals surface area (Å²) in [5.74, 6) is -0.930. The van der Waals surface area contributed by atoms with Crippen molar-refractivity contribution in [2.24, 2.45) is 0 Å². The molecular formula is C19H18F3N3O3S2. The number of nitrogens with one attached hydrogen (secondary N) is 2. The number of carbonyl (C=O) groups is 1. The van der Waals surface area contributed by atoms with Gasteiger partial charge in [-0.2, -0.15) is 13.2 Å². The Morgan fingerprint density at radius 2 is 1.77 bits per heavy atom. The molecule has 0 fully saturated rings. The molecule has 2 N–H and O–H groups in total. The molecule has 0 aliphatic carbocycles. The quantitative estimate of drug-likeness (QED) is 0.507. The number of carbonyl (C=O) groups excluding carboxylic acids is 1. The average molecular weight is 457 g/mol. The van der Waals surface area contributed by atoms with Crippen LogP contribution in [0.5, 0.6) is 0 Å². The summed E-state index contributed by atoms with van der Waals surface area (Å²) in [5, 5.41) is 2.65. The van der Waals surface area contributed by atoms with Crippen LogP contribution in [0, 0.1) is 0 Å². The Morgan fingerprint density at radius 1 is 1.07 bits per heavy atom. The molecule has 11 heteroatoms. The third kappa shape index (κ3) is 6.00. The van der Waals surface area contributed by atoms with Crippen molar-refractivity contribution in [2.45, 2.75) is 23.9 Å². The van der Waals surface area contributed by atoms with Crippen LogP contribution in [-0.2, 0) is 16.4 Å². The zero-order valence-corrected chi connectivity index (χ0v) is 17.2. The molecule has 6 nitrogen and oxygen atoms in total. The summed E-state index contributed by atoms with van der Waals surface area (Å²) < 4.78 is 64.7. The Labute approximate surface area is 175 Å². The van der Waals surface area contributed by atoms with E-state index in [1.54, 1.807) is 16.7 Å². The molecule has 0 saturated carbocycles. The maximum atomic E-state index is 12.3. The van der Waals surface area contributed by atoms with Gasteiger partial charge in [0.1, 0.15) is 6.54 Å². The van der Waals surface area contributed by atoms with E-state index in [4.69, 9.17) is 0 Å². The number of alkyl halides is 3.